The third kappa shape index (κ3) is 2.77. The first kappa shape index (κ1) is 15.5. The summed E-state index contributed by atoms with van der Waals surface area (Å²) in [6.45, 7) is 0. The number of nitrogens with zero attached hydrogens (tertiary/aromatic N) is 2. The Morgan fingerprint density at radius 3 is 2.19 bits per heavy atom. The molecule has 0 radical (unpaired) electrons. The van der Waals surface area contributed by atoms with Crippen LogP contribution in [0.5, 0.6) is 0 Å². The van der Waals surface area contributed by atoms with Crippen molar-refractivity contribution in [2.75, 3.05) is 5.32 Å². The molecule has 0 aliphatic heterocycles. The highest BCUT2D eigenvalue weighted by Gasteiger charge is 2.10. The number of benzene rings is 4. The Morgan fingerprint density at radius 1 is 0.667 bits per heavy atom. The molecule has 1 N–H and O–H groups in total. The van der Waals surface area contributed by atoms with Crippen molar-refractivity contribution in [3.8, 4) is 0 Å². The summed E-state index contributed by atoms with van der Waals surface area (Å²) in [6.07, 6.45) is 0. The Bertz CT molecular complexity index is 1320. The Balaban J connectivity index is 1.54. The monoisotopic (exact) mass is 349 g/mol. The summed E-state index contributed by atoms with van der Waals surface area (Å²) in [6, 6.07) is 27.0. The summed E-state index contributed by atoms with van der Waals surface area (Å²) >= 11 is 0. The van der Waals surface area contributed by atoms with Gasteiger partial charge in [-0.15, -0.1) is 0 Å². The maximum Gasteiger partial charge on any atom is 0.255 e. The summed E-state index contributed by atoms with van der Waals surface area (Å²) in [5.74, 6) is -0.164. The van der Waals surface area contributed by atoms with Gasteiger partial charge in [0.25, 0.3) is 5.91 Å². The molecule has 5 rings (SSSR count). The van der Waals surface area contributed by atoms with Crippen LogP contribution in [0.2, 0.25) is 0 Å². The molecule has 4 nitrogen and oxygen atoms in total. The van der Waals surface area contributed by atoms with Crippen LogP contribution in [0.4, 0.5) is 5.69 Å². The fraction of sp³-hybridized carbons (Fsp3) is 0. The highest BCUT2D eigenvalue weighted by Crippen LogP contribution is 2.24. The number of para-hydroxylation sites is 2. The second kappa shape index (κ2) is 6.18. The molecule has 0 aliphatic rings. The van der Waals surface area contributed by atoms with Gasteiger partial charge in [-0.25, -0.2) is 9.97 Å². The molecule has 0 saturated heterocycles. The number of carbonyl (C=O) groups excluding carboxylic acids is 1. The van der Waals surface area contributed by atoms with E-state index < -0.39 is 0 Å². The van der Waals surface area contributed by atoms with Gasteiger partial charge < -0.3 is 5.32 Å². The molecular weight excluding hydrogens is 334 g/mol. The Morgan fingerprint density at radius 2 is 1.33 bits per heavy atom. The van der Waals surface area contributed by atoms with Crippen LogP contribution < -0.4 is 5.32 Å². The first-order chi connectivity index (χ1) is 13.3. The van der Waals surface area contributed by atoms with Gasteiger partial charge in [0.05, 0.1) is 22.1 Å². The lowest BCUT2D eigenvalue weighted by molar-refractivity contribution is 0.102. The van der Waals surface area contributed by atoms with Gasteiger partial charge in [0.1, 0.15) is 0 Å². The Labute approximate surface area is 155 Å². The molecule has 27 heavy (non-hydrogen) atoms. The molecule has 0 atom stereocenters. The number of hydrogen-bond donors (Lipinski definition) is 1. The minimum Gasteiger partial charge on any atom is -0.321 e. The molecule has 0 unspecified atom stereocenters. The van der Waals surface area contributed by atoms with Crippen LogP contribution in [-0.2, 0) is 0 Å². The van der Waals surface area contributed by atoms with Crippen molar-refractivity contribution in [1.29, 1.82) is 0 Å². The van der Waals surface area contributed by atoms with Gasteiger partial charge in [-0.2, -0.15) is 0 Å². The van der Waals surface area contributed by atoms with E-state index >= 15 is 0 Å². The lowest BCUT2D eigenvalue weighted by Crippen LogP contribution is -2.12. The van der Waals surface area contributed by atoms with E-state index in [0.717, 1.165) is 33.0 Å². The van der Waals surface area contributed by atoms with Crippen molar-refractivity contribution in [1.82, 2.24) is 9.97 Å². The number of amides is 1. The number of rotatable bonds is 2. The number of fused-ring (bicyclic) bond motifs is 3. The molecule has 0 fully saturated rings. The fourth-order valence-electron chi connectivity index (χ4n) is 3.29. The van der Waals surface area contributed by atoms with Gasteiger partial charge in [-0.3, -0.25) is 4.79 Å². The molecule has 0 saturated carbocycles. The second-order valence-corrected chi connectivity index (χ2v) is 6.40. The number of nitrogens with one attached hydrogen (secondary N) is 1. The highest BCUT2D eigenvalue weighted by molar-refractivity contribution is 6.10. The molecule has 4 aromatic carbocycles. The zero-order chi connectivity index (χ0) is 18.2. The zero-order valence-corrected chi connectivity index (χ0v) is 14.4. The van der Waals surface area contributed by atoms with Crippen molar-refractivity contribution in [2.45, 2.75) is 0 Å². The summed E-state index contributed by atoms with van der Waals surface area (Å²) in [5, 5.41) is 5.12. The van der Waals surface area contributed by atoms with Crippen LogP contribution in [0, 0.1) is 0 Å². The predicted molar refractivity (Wildman–Crippen MR) is 109 cm³/mol. The number of carbonyl (C=O) groups is 1. The Hall–Kier alpha value is -3.79. The fourth-order valence-corrected chi connectivity index (χ4v) is 3.29. The smallest absolute Gasteiger partial charge is 0.255 e. The third-order valence-electron chi connectivity index (χ3n) is 4.64. The van der Waals surface area contributed by atoms with E-state index in [4.69, 9.17) is 0 Å². The maximum atomic E-state index is 12.8. The number of hydrogen-bond acceptors (Lipinski definition) is 3. The molecule has 1 aromatic heterocycles. The lowest BCUT2D eigenvalue weighted by Gasteiger charge is -2.09. The Kier molecular flexibility index (Phi) is 3.54. The standard InChI is InChI=1S/C23H15N3O/c27-23(26-18-11-5-7-15-6-1-2-8-17(15)18)16-12-13-21-22(14-16)25-20-10-4-3-9-19(20)24-21/h1-14H,(H,26,27). The molecule has 0 spiro atoms. The molecule has 5 aromatic rings. The van der Waals surface area contributed by atoms with E-state index in [1.807, 2.05) is 72.8 Å². The van der Waals surface area contributed by atoms with Crippen LogP contribution in [-0.4, -0.2) is 15.9 Å². The van der Waals surface area contributed by atoms with Crippen molar-refractivity contribution in [3.05, 3.63) is 90.5 Å². The van der Waals surface area contributed by atoms with Crippen LogP contribution in [0.3, 0.4) is 0 Å². The van der Waals surface area contributed by atoms with Crippen LogP contribution in [0.25, 0.3) is 32.8 Å². The van der Waals surface area contributed by atoms with Crippen molar-refractivity contribution in [2.24, 2.45) is 0 Å². The topological polar surface area (TPSA) is 54.9 Å². The van der Waals surface area contributed by atoms with E-state index in [1.165, 1.54) is 0 Å². The van der Waals surface area contributed by atoms with Gasteiger partial charge in [0.15, 0.2) is 0 Å². The minimum atomic E-state index is -0.164. The molecule has 0 aliphatic carbocycles. The van der Waals surface area contributed by atoms with Crippen molar-refractivity contribution >= 4 is 44.4 Å². The van der Waals surface area contributed by atoms with Crippen molar-refractivity contribution < 1.29 is 4.79 Å². The maximum absolute atomic E-state index is 12.8. The van der Waals surface area contributed by atoms with Gasteiger partial charge in [0, 0.05) is 16.6 Å². The van der Waals surface area contributed by atoms with E-state index in [9.17, 15) is 4.79 Å². The van der Waals surface area contributed by atoms with Gasteiger partial charge in [-0.05, 0) is 41.8 Å². The van der Waals surface area contributed by atoms with Crippen molar-refractivity contribution in [3.63, 3.8) is 0 Å². The van der Waals surface area contributed by atoms with Gasteiger partial charge in [-0.1, -0.05) is 48.5 Å². The molecule has 128 valence electrons. The van der Waals surface area contributed by atoms with Crippen LogP contribution in [0.1, 0.15) is 10.4 Å². The zero-order valence-electron chi connectivity index (χ0n) is 14.4. The van der Waals surface area contributed by atoms with Gasteiger partial charge in [0.2, 0.25) is 0 Å². The quantitative estimate of drug-likeness (QED) is 0.446. The van der Waals surface area contributed by atoms with Crippen LogP contribution >= 0.6 is 0 Å². The summed E-state index contributed by atoms with van der Waals surface area (Å²) in [5.41, 5.74) is 4.49. The summed E-state index contributed by atoms with van der Waals surface area (Å²) in [7, 11) is 0. The largest absolute Gasteiger partial charge is 0.321 e. The lowest BCUT2D eigenvalue weighted by atomic mass is 10.1. The normalized spacial score (nSPS) is 11.1. The number of anilines is 1. The molecule has 0 bridgehead atoms. The van der Waals surface area contributed by atoms with Crippen LogP contribution in [0.15, 0.2) is 84.9 Å². The molecular formula is C23H15N3O. The molecule has 4 heteroatoms. The first-order valence-electron chi connectivity index (χ1n) is 8.74. The SMILES string of the molecule is O=C(Nc1cccc2ccccc12)c1ccc2nc3ccccc3nc2c1. The second-order valence-electron chi connectivity index (χ2n) is 6.40. The first-order valence-corrected chi connectivity index (χ1v) is 8.74. The summed E-state index contributed by atoms with van der Waals surface area (Å²) < 4.78 is 0. The van der Waals surface area contributed by atoms with Gasteiger partial charge >= 0.3 is 0 Å². The average molecular weight is 349 g/mol. The third-order valence-corrected chi connectivity index (χ3v) is 4.64. The van der Waals surface area contributed by atoms with E-state index in [1.54, 1.807) is 12.1 Å². The van der Waals surface area contributed by atoms with E-state index in [2.05, 4.69) is 15.3 Å². The molecule has 1 heterocycles. The molecule has 1 amide bonds. The summed E-state index contributed by atoms with van der Waals surface area (Å²) in [4.78, 5) is 22.0. The highest BCUT2D eigenvalue weighted by atomic mass is 16.1. The minimum absolute atomic E-state index is 0.164. The average Bonchev–Trinajstić information content (AvgIpc) is 2.72. The van der Waals surface area contributed by atoms with E-state index in [0.29, 0.717) is 11.1 Å². The predicted octanol–water partition coefficient (Wildman–Crippen LogP) is 5.19. The van der Waals surface area contributed by atoms with E-state index in [-0.39, 0.29) is 5.91 Å². The number of aromatic nitrogens is 2.